The second kappa shape index (κ2) is 9.81. The molecule has 2 atom stereocenters. The average Bonchev–Trinajstić information content (AvgIpc) is 2.75. The van der Waals surface area contributed by atoms with Crippen molar-refractivity contribution in [3.05, 3.63) is 59.1 Å². The van der Waals surface area contributed by atoms with Crippen molar-refractivity contribution >= 4 is 27.5 Å². The molecule has 2 aromatic rings. The van der Waals surface area contributed by atoms with Gasteiger partial charge in [-0.3, -0.25) is 4.79 Å². The number of carbonyl (C=O) groups excluding carboxylic acids is 1. The third-order valence-electron chi connectivity index (χ3n) is 5.26. The van der Waals surface area contributed by atoms with Crippen LogP contribution in [0.2, 0.25) is 5.02 Å². The van der Waals surface area contributed by atoms with Gasteiger partial charge in [0.1, 0.15) is 5.75 Å². The second-order valence-corrected chi connectivity index (χ2v) is 9.76. The third kappa shape index (κ3) is 5.33. The predicted molar refractivity (Wildman–Crippen MR) is 117 cm³/mol. The largest absolute Gasteiger partial charge is 0.494 e. The molecule has 1 saturated heterocycles. The Morgan fingerprint density at radius 2 is 1.87 bits per heavy atom. The summed E-state index contributed by atoms with van der Waals surface area (Å²) >= 11 is 5.92. The Morgan fingerprint density at radius 3 is 2.50 bits per heavy atom. The fourth-order valence-electron chi connectivity index (χ4n) is 3.56. The lowest BCUT2D eigenvalue weighted by Gasteiger charge is -2.32. The van der Waals surface area contributed by atoms with Gasteiger partial charge in [-0.25, -0.2) is 8.42 Å². The molecule has 6 nitrogen and oxygen atoms in total. The van der Waals surface area contributed by atoms with Gasteiger partial charge in [0.15, 0.2) is 0 Å². The van der Waals surface area contributed by atoms with Gasteiger partial charge in [-0.15, -0.1) is 0 Å². The van der Waals surface area contributed by atoms with Gasteiger partial charge >= 0.3 is 0 Å². The van der Waals surface area contributed by atoms with Crippen LogP contribution >= 0.6 is 11.6 Å². The van der Waals surface area contributed by atoms with Crippen LogP contribution < -0.4 is 10.1 Å². The van der Waals surface area contributed by atoms with Crippen LogP contribution in [0.3, 0.4) is 0 Å². The summed E-state index contributed by atoms with van der Waals surface area (Å²) in [6.07, 6.45) is 1.30. The van der Waals surface area contributed by atoms with Crippen molar-refractivity contribution in [2.24, 2.45) is 5.92 Å². The highest BCUT2D eigenvalue weighted by Crippen LogP contribution is 2.26. The summed E-state index contributed by atoms with van der Waals surface area (Å²) < 4.78 is 32.9. The number of carbonyl (C=O) groups is 1. The molecule has 2 aromatic carbocycles. The fraction of sp³-hybridized carbons (Fsp3) is 0.409. The quantitative estimate of drug-likeness (QED) is 0.691. The number of hydrogen-bond acceptors (Lipinski definition) is 4. The molecule has 0 aliphatic carbocycles. The van der Waals surface area contributed by atoms with Gasteiger partial charge in [0.25, 0.3) is 0 Å². The van der Waals surface area contributed by atoms with Crippen molar-refractivity contribution in [2.45, 2.75) is 37.6 Å². The van der Waals surface area contributed by atoms with E-state index in [1.54, 1.807) is 36.4 Å². The summed E-state index contributed by atoms with van der Waals surface area (Å²) in [4.78, 5) is 13.0. The van der Waals surface area contributed by atoms with Crippen LogP contribution in [0.15, 0.2) is 53.4 Å². The molecular formula is C22H27ClN2O4S. The molecule has 0 aromatic heterocycles. The maximum Gasteiger partial charge on any atom is 0.243 e. The Kier molecular flexibility index (Phi) is 7.39. The molecule has 30 heavy (non-hydrogen) atoms. The van der Waals surface area contributed by atoms with E-state index in [9.17, 15) is 13.2 Å². The number of nitrogens with one attached hydrogen (secondary N) is 1. The van der Waals surface area contributed by atoms with Gasteiger partial charge in [-0.2, -0.15) is 4.31 Å². The zero-order valence-electron chi connectivity index (χ0n) is 17.2. The summed E-state index contributed by atoms with van der Waals surface area (Å²) in [5.41, 5.74) is 0.947. The number of sulfonamides is 1. The van der Waals surface area contributed by atoms with Gasteiger partial charge in [-0.1, -0.05) is 23.7 Å². The molecular weight excluding hydrogens is 424 g/mol. The van der Waals surface area contributed by atoms with E-state index in [2.05, 4.69) is 5.32 Å². The first-order valence-electron chi connectivity index (χ1n) is 10.1. The number of benzene rings is 2. The van der Waals surface area contributed by atoms with Crippen LogP contribution in [0, 0.1) is 5.92 Å². The molecule has 3 rings (SSSR count). The minimum Gasteiger partial charge on any atom is -0.494 e. The summed E-state index contributed by atoms with van der Waals surface area (Å²) in [6.45, 7) is 4.88. The van der Waals surface area contributed by atoms with Crippen molar-refractivity contribution in [1.82, 2.24) is 9.62 Å². The van der Waals surface area contributed by atoms with E-state index < -0.39 is 10.0 Å². The molecule has 0 bridgehead atoms. The topological polar surface area (TPSA) is 75.7 Å². The van der Waals surface area contributed by atoms with Gasteiger partial charge in [0.2, 0.25) is 15.9 Å². The normalized spacial score (nSPS) is 18.6. The van der Waals surface area contributed by atoms with E-state index in [0.29, 0.717) is 36.8 Å². The standard InChI is InChI=1S/C22H27ClN2O4S/c1-3-29-20-10-12-21(13-11-20)30(27,28)25-14-4-5-18(15-25)22(26)24-16(2)17-6-8-19(23)9-7-17/h6-13,16,18H,3-5,14-15H2,1-2H3,(H,24,26)/t16-,18+/m0/s1. The lowest BCUT2D eigenvalue weighted by Crippen LogP contribution is -2.45. The van der Waals surface area contributed by atoms with Gasteiger partial charge < -0.3 is 10.1 Å². The first-order chi connectivity index (χ1) is 14.3. The van der Waals surface area contributed by atoms with Crippen LogP contribution in [-0.2, 0) is 14.8 Å². The van der Waals surface area contributed by atoms with Crippen molar-refractivity contribution < 1.29 is 17.9 Å². The van der Waals surface area contributed by atoms with E-state index in [1.165, 1.54) is 4.31 Å². The van der Waals surface area contributed by atoms with Crippen molar-refractivity contribution in [3.8, 4) is 5.75 Å². The lowest BCUT2D eigenvalue weighted by atomic mass is 9.98. The smallest absolute Gasteiger partial charge is 0.243 e. The number of hydrogen-bond donors (Lipinski definition) is 1. The summed E-state index contributed by atoms with van der Waals surface area (Å²) in [5.74, 6) is 0.110. The molecule has 0 radical (unpaired) electrons. The molecule has 1 aliphatic heterocycles. The Balaban J connectivity index is 1.66. The molecule has 1 heterocycles. The average molecular weight is 451 g/mol. The molecule has 0 saturated carbocycles. The first-order valence-corrected chi connectivity index (χ1v) is 11.9. The summed E-state index contributed by atoms with van der Waals surface area (Å²) in [5, 5.41) is 3.64. The van der Waals surface area contributed by atoms with Crippen LogP contribution in [0.5, 0.6) is 5.75 Å². The van der Waals surface area contributed by atoms with E-state index in [-0.39, 0.29) is 29.3 Å². The van der Waals surface area contributed by atoms with E-state index in [1.807, 2.05) is 26.0 Å². The van der Waals surface area contributed by atoms with E-state index in [4.69, 9.17) is 16.3 Å². The minimum absolute atomic E-state index is 0.135. The van der Waals surface area contributed by atoms with Crippen LogP contribution in [0.25, 0.3) is 0 Å². The van der Waals surface area contributed by atoms with Crippen molar-refractivity contribution in [1.29, 1.82) is 0 Å². The Morgan fingerprint density at radius 1 is 1.20 bits per heavy atom. The van der Waals surface area contributed by atoms with Gasteiger partial charge in [0.05, 0.1) is 23.5 Å². The first kappa shape index (κ1) is 22.6. The SMILES string of the molecule is CCOc1ccc(S(=O)(=O)N2CCC[C@@H](C(=O)N[C@@H](C)c3ccc(Cl)cc3)C2)cc1. The summed E-state index contributed by atoms with van der Waals surface area (Å²) in [6, 6.07) is 13.5. The van der Waals surface area contributed by atoms with Crippen molar-refractivity contribution in [3.63, 3.8) is 0 Å². The highest BCUT2D eigenvalue weighted by atomic mass is 35.5. The molecule has 1 aliphatic rings. The van der Waals surface area contributed by atoms with Crippen LogP contribution in [0.1, 0.15) is 38.3 Å². The van der Waals surface area contributed by atoms with Gasteiger partial charge in [0, 0.05) is 18.1 Å². The number of ether oxygens (including phenoxy) is 1. The van der Waals surface area contributed by atoms with Crippen molar-refractivity contribution in [2.75, 3.05) is 19.7 Å². The number of rotatable bonds is 7. The maximum absolute atomic E-state index is 13.0. The number of amides is 1. The highest BCUT2D eigenvalue weighted by molar-refractivity contribution is 7.89. The Bertz CT molecular complexity index is 962. The Hall–Kier alpha value is -2.09. The lowest BCUT2D eigenvalue weighted by molar-refractivity contribution is -0.126. The zero-order valence-corrected chi connectivity index (χ0v) is 18.7. The number of piperidine rings is 1. The van der Waals surface area contributed by atoms with E-state index >= 15 is 0 Å². The monoisotopic (exact) mass is 450 g/mol. The third-order valence-corrected chi connectivity index (χ3v) is 7.39. The van der Waals surface area contributed by atoms with Gasteiger partial charge in [-0.05, 0) is 68.7 Å². The van der Waals surface area contributed by atoms with Crippen LogP contribution in [-0.4, -0.2) is 38.3 Å². The molecule has 162 valence electrons. The minimum atomic E-state index is -3.66. The number of halogens is 1. The number of nitrogens with zero attached hydrogens (tertiary/aromatic N) is 1. The molecule has 1 N–H and O–H groups in total. The molecule has 8 heteroatoms. The Labute approximate surface area is 183 Å². The zero-order chi connectivity index (χ0) is 21.7. The highest BCUT2D eigenvalue weighted by Gasteiger charge is 2.33. The van der Waals surface area contributed by atoms with E-state index in [0.717, 1.165) is 5.56 Å². The second-order valence-electron chi connectivity index (χ2n) is 7.39. The van der Waals surface area contributed by atoms with Crippen LogP contribution in [0.4, 0.5) is 0 Å². The molecule has 1 amide bonds. The summed E-state index contributed by atoms with van der Waals surface area (Å²) in [7, 11) is -3.66. The fourth-order valence-corrected chi connectivity index (χ4v) is 5.21. The molecule has 0 unspecified atom stereocenters. The predicted octanol–water partition coefficient (Wildman–Crippen LogP) is 4.02. The maximum atomic E-state index is 13.0. The molecule has 1 fully saturated rings. The molecule has 0 spiro atoms.